The maximum Gasteiger partial charge on any atom is 0.288 e. The SMILES string of the molecule is O=C(c1ccc(Cl)c([N+](=O)[O-])c1)N1N=C2C(=Cc3ccccc3)CCCC2C1c1ccccc1. The second-order valence-corrected chi connectivity index (χ2v) is 8.90. The lowest BCUT2D eigenvalue weighted by Crippen LogP contribution is -2.31. The third kappa shape index (κ3) is 4.13. The average Bonchev–Trinajstić information content (AvgIpc) is 3.25. The van der Waals surface area contributed by atoms with E-state index in [2.05, 4.69) is 18.2 Å². The molecule has 0 aromatic heterocycles. The van der Waals surface area contributed by atoms with Gasteiger partial charge in [-0.25, -0.2) is 5.01 Å². The van der Waals surface area contributed by atoms with Crippen molar-refractivity contribution in [2.24, 2.45) is 11.0 Å². The summed E-state index contributed by atoms with van der Waals surface area (Å²) in [5.74, 6) is -0.327. The second-order valence-electron chi connectivity index (χ2n) is 8.49. The molecule has 2 atom stereocenters. The van der Waals surface area contributed by atoms with Gasteiger partial charge >= 0.3 is 0 Å². The lowest BCUT2D eigenvalue weighted by molar-refractivity contribution is -0.384. The quantitative estimate of drug-likeness (QED) is 0.314. The van der Waals surface area contributed by atoms with Crippen LogP contribution in [0.1, 0.15) is 46.8 Å². The number of benzene rings is 3. The molecular weight excluding hydrogens is 450 g/mol. The summed E-state index contributed by atoms with van der Waals surface area (Å²) in [7, 11) is 0. The number of carbonyl (C=O) groups excluding carboxylic acids is 1. The highest BCUT2D eigenvalue weighted by atomic mass is 35.5. The summed E-state index contributed by atoms with van der Waals surface area (Å²) in [5.41, 5.74) is 4.02. The van der Waals surface area contributed by atoms with Gasteiger partial charge in [-0.05, 0) is 54.2 Å². The van der Waals surface area contributed by atoms with Crippen molar-refractivity contribution in [3.63, 3.8) is 0 Å². The van der Waals surface area contributed by atoms with Crippen LogP contribution in [0.3, 0.4) is 0 Å². The van der Waals surface area contributed by atoms with E-state index in [-0.39, 0.29) is 34.1 Å². The Morgan fingerprint density at radius 3 is 2.47 bits per heavy atom. The summed E-state index contributed by atoms with van der Waals surface area (Å²) in [5, 5.41) is 17.7. The first-order chi connectivity index (χ1) is 16.5. The van der Waals surface area contributed by atoms with Crippen molar-refractivity contribution in [1.82, 2.24) is 5.01 Å². The van der Waals surface area contributed by atoms with Crippen LogP contribution < -0.4 is 0 Å². The molecule has 1 saturated carbocycles. The van der Waals surface area contributed by atoms with Crippen LogP contribution in [0, 0.1) is 16.0 Å². The molecule has 5 rings (SSSR count). The largest absolute Gasteiger partial charge is 0.288 e. The molecule has 0 bridgehead atoms. The second kappa shape index (κ2) is 9.23. The van der Waals surface area contributed by atoms with Crippen LogP contribution in [-0.2, 0) is 0 Å². The van der Waals surface area contributed by atoms with Crippen LogP contribution >= 0.6 is 11.6 Å². The minimum Gasteiger partial charge on any atom is -0.267 e. The lowest BCUT2D eigenvalue weighted by Gasteiger charge is -2.29. The minimum absolute atomic E-state index is 0.00403. The third-order valence-corrected chi connectivity index (χ3v) is 6.70. The fourth-order valence-electron chi connectivity index (χ4n) is 4.82. The van der Waals surface area contributed by atoms with Gasteiger partial charge in [-0.1, -0.05) is 72.3 Å². The fourth-order valence-corrected chi connectivity index (χ4v) is 5.01. The number of hydrogen-bond acceptors (Lipinski definition) is 4. The zero-order valence-corrected chi connectivity index (χ0v) is 19.1. The van der Waals surface area contributed by atoms with Crippen LogP contribution in [0.5, 0.6) is 0 Å². The molecule has 1 amide bonds. The van der Waals surface area contributed by atoms with Crippen LogP contribution in [0.15, 0.2) is 89.5 Å². The molecular formula is C27H22ClN3O3. The van der Waals surface area contributed by atoms with E-state index < -0.39 is 4.92 Å². The summed E-state index contributed by atoms with van der Waals surface area (Å²) in [6.07, 6.45) is 4.95. The van der Waals surface area contributed by atoms with E-state index in [9.17, 15) is 14.9 Å². The molecule has 1 aliphatic carbocycles. The normalized spacial score (nSPS) is 20.7. The van der Waals surface area contributed by atoms with Gasteiger partial charge in [0.2, 0.25) is 0 Å². The van der Waals surface area contributed by atoms with Gasteiger partial charge < -0.3 is 0 Å². The van der Waals surface area contributed by atoms with Gasteiger partial charge in [0.05, 0.1) is 16.7 Å². The van der Waals surface area contributed by atoms with Gasteiger partial charge in [0, 0.05) is 17.5 Å². The highest BCUT2D eigenvalue weighted by molar-refractivity contribution is 6.32. The molecule has 6 nitrogen and oxygen atoms in total. The Morgan fingerprint density at radius 2 is 1.76 bits per heavy atom. The molecule has 1 heterocycles. The van der Waals surface area contributed by atoms with Gasteiger partial charge in [-0.15, -0.1) is 0 Å². The van der Waals surface area contributed by atoms with Crippen LogP contribution in [-0.4, -0.2) is 21.6 Å². The smallest absolute Gasteiger partial charge is 0.267 e. The number of nitro groups is 1. The molecule has 2 aliphatic rings. The van der Waals surface area contributed by atoms with E-state index in [4.69, 9.17) is 16.7 Å². The predicted molar refractivity (Wildman–Crippen MR) is 133 cm³/mol. The number of halogens is 1. The van der Waals surface area contributed by atoms with Crippen LogP contribution in [0.4, 0.5) is 5.69 Å². The van der Waals surface area contributed by atoms with Crippen molar-refractivity contribution < 1.29 is 9.72 Å². The molecule has 3 aromatic carbocycles. The lowest BCUT2D eigenvalue weighted by atomic mass is 9.77. The Balaban J connectivity index is 1.59. The molecule has 1 fully saturated rings. The molecule has 34 heavy (non-hydrogen) atoms. The van der Waals surface area contributed by atoms with Crippen LogP contribution in [0.2, 0.25) is 5.02 Å². The van der Waals surface area contributed by atoms with Crippen molar-refractivity contribution >= 4 is 35.0 Å². The highest BCUT2D eigenvalue weighted by Crippen LogP contribution is 2.45. The number of amides is 1. The summed E-state index contributed by atoms with van der Waals surface area (Å²) in [6.45, 7) is 0. The van der Waals surface area contributed by atoms with Gasteiger partial charge in [0.15, 0.2) is 0 Å². The first kappa shape index (κ1) is 22.0. The number of fused-ring (bicyclic) bond motifs is 1. The van der Waals surface area contributed by atoms with Gasteiger partial charge in [0.1, 0.15) is 5.02 Å². The van der Waals surface area contributed by atoms with E-state index in [0.29, 0.717) is 0 Å². The maximum absolute atomic E-state index is 13.7. The molecule has 0 spiro atoms. The Bertz CT molecular complexity index is 1310. The summed E-state index contributed by atoms with van der Waals surface area (Å²) in [6, 6.07) is 23.8. The van der Waals surface area contributed by atoms with Gasteiger partial charge in [-0.3, -0.25) is 14.9 Å². The summed E-state index contributed by atoms with van der Waals surface area (Å²) < 4.78 is 0. The Morgan fingerprint density at radius 1 is 1.06 bits per heavy atom. The number of nitro benzene ring substituents is 1. The number of carbonyl (C=O) groups is 1. The Labute approximate surface area is 202 Å². The first-order valence-electron chi connectivity index (χ1n) is 11.2. The topological polar surface area (TPSA) is 75.8 Å². The molecule has 7 heteroatoms. The first-order valence-corrected chi connectivity index (χ1v) is 11.6. The van der Waals surface area contributed by atoms with E-state index >= 15 is 0 Å². The highest BCUT2D eigenvalue weighted by Gasteiger charge is 2.44. The fraction of sp³-hybridized carbons (Fsp3) is 0.185. The molecule has 1 aliphatic heterocycles. The van der Waals surface area contributed by atoms with Crippen molar-refractivity contribution in [2.75, 3.05) is 0 Å². The monoisotopic (exact) mass is 471 g/mol. The third-order valence-electron chi connectivity index (χ3n) is 6.38. The van der Waals surface area contributed by atoms with Gasteiger partial charge in [-0.2, -0.15) is 5.10 Å². The van der Waals surface area contributed by atoms with Crippen molar-refractivity contribution in [3.05, 3.63) is 116 Å². The van der Waals surface area contributed by atoms with Crippen molar-refractivity contribution in [1.29, 1.82) is 0 Å². The number of nitrogens with zero attached hydrogens (tertiary/aromatic N) is 3. The number of hydrazone groups is 1. The van der Waals surface area contributed by atoms with Crippen molar-refractivity contribution in [2.45, 2.75) is 25.3 Å². The van der Waals surface area contributed by atoms with E-state index in [1.54, 1.807) is 0 Å². The number of rotatable bonds is 4. The molecule has 170 valence electrons. The minimum atomic E-state index is -0.579. The standard InChI is InChI=1S/C27H22ClN3O3/c28-23-15-14-21(17-24(23)31(33)34)27(32)30-26(19-10-5-2-6-11-19)22-13-7-12-20(25(22)29-30)16-18-8-3-1-4-9-18/h1-6,8-11,14-17,22,26H,7,12-13H2. The molecule has 2 unspecified atom stereocenters. The molecule has 0 radical (unpaired) electrons. The maximum atomic E-state index is 13.7. The number of allylic oxidation sites excluding steroid dienone is 1. The Hall–Kier alpha value is -3.77. The number of hydrogen-bond donors (Lipinski definition) is 0. The van der Waals surface area contributed by atoms with Gasteiger partial charge in [0.25, 0.3) is 11.6 Å². The Kier molecular flexibility index (Phi) is 5.99. The van der Waals surface area contributed by atoms with E-state index in [1.807, 2.05) is 48.5 Å². The zero-order chi connectivity index (χ0) is 23.7. The molecule has 0 saturated heterocycles. The van der Waals surface area contributed by atoms with Crippen LogP contribution in [0.25, 0.3) is 6.08 Å². The average molecular weight is 472 g/mol. The van der Waals surface area contributed by atoms with E-state index in [0.717, 1.165) is 41.7 Å². The van der Waals surface area contributed by atoms with E-state index in [1.165, 1.54) is 23.2 Å². The predicted octanol–water partition coefficient (Wildman–Crippen LogP) is 6.69. The van der Waals surface area contributed by atoms with Crippen molar-refractivity contribution in [3.8, 4) is 0 Å². The summed E-state index contributed by atoms with van der Waals surface area (Å²) in [4.78, 5) is 24.5. The molecule has 3 aromatic rings. The molecule has 0 N–H and O–H groups in total. The zero-order valence-electron chi connectivity index (χ0n) is 18.3. The summed E-state index contributed by atoms with van der Waals surface area (Å²) >= 11 is 5.97.